The highest BCUT2D eigenvalue weighted by Crippen LogP contribution is 2.27. The first-order valence-electron chi connectivity index (χ1n) is 11.0. The number of nitrogens with one attached hydrogen (secondary N) is 1. The highest BCUT2D eigenvalue weighted by atomic mass is 16.7. The van der Waals surface area contributed by atoms with E-state index < -0.39 is 0 Å². The van der Waals surface area contributed by atoms with Crippen LogP contribution >= 0.6 is 0 Å². The van der Waals surface area contributed by atoms with Gasteiger partial charge in [0, 0.05) is 18.1 Å². The van der Waals surface area contributed by atoms with Gasteiger partial charge in [-0.25, -0.2) is 0 Å². The van der Waals surface area contributed by atoms with Gasteiger partial charge in [-0.15, -0.1) is 0 Å². The van der Waals surface area contributed by atoms with Crippen LogP contribution in [-0.4, -0.2) is 24.5 Å². The lowest BCUT2D eigenvalue weighted by atomic mass is 10.0. The van der Waals surface area contributed by atoms with E-state index >= 15 is 0 Å². The van der Waals surface area contributed by atoms with Crippen LogP contribution in [0.3, 0.4) is 0 Å². The first-order valence-corrected chi connectivity index (χ1v) is 11.0. The molecule has 34 heavy (non-hydrogen) atoms. The van der Waals surface area contributed by atoms with E-state index in [0.29, 0.717) is 17.7 Å². The van der Waals surface area contributed by atoms with Gasteiger partial charge in [0.25, 0.3) is 5.91 Å². The lowest BCUT2D eigenvalue weighted by molar-refractivity contribution is -0.142. The van der Waals surface area contributed by atoms with Crippen LogP contribution in [0.4, 0.5) is 5.69 Å². The molecule has 0 fully saturated rings. The number of hydrogen-bond donors (Lipinski definition) is 1. The molecule has 0 radical (unpaired) electrons. The normalized spacial score (nSPS) is 16.1. The highest BCUT2D eigenvalue weighted by molar-refractivity contribution is 6.09. The molecule has 0 aromatic heterocycles. The van der Waals surface area contributed by atoms with Crippen LogP contribution in [0.1, 0.15) is 39.5 Å². The van der Waals surface area contributed by atoms with Crippen molar-refractivity contribution >= 4 is 23.3 Å². The Morgan fingerprint density at radius 3 is 2.50 bits per heavy atom. The van der Waals surface area contributed by atoms with E-state index in [1.807, 2.05) is 72.8 Å². The molecule has 5 rings (SSSR count). The molecule has 0 saturated heterocycles. The molecule has 0 bridgehead atoms. The number of esters is 1. The quantitative estimate of drug-likeness (QED) is 0.469. The number of carbonyl (C=O) groups excluding carboxylic acids is 2. The van der Waals surface area contributed by atoms with Crippen molar-refractivity contribution in [1.82, 2.24) is 5.48 Å². The largest absolute Gasteiger partial charge is 0.461 e. The van der Waals surface area contributed by atoms with Gasteiger partial charge >= 0.3 is 5.97 Å². The van der Waals surface area contributed by atoms with Gasteiger partial charge in [0.2, 0.25) is 0 Å². The molecule has 2 heterocycles. The number of para-hydroxylation sites is 1. The second-order valence-corrected chi connectivity index (χ2v) is 8.04. The highest BCUT2D eigenvalue weighted by Gasteiger charge is 2.28. The lowest BCUT2D eigenvalue weighted by Crippen LogP contribution is -2.39. The topological polar surface area (TPSA) is 67.9 Å². The van der Waals surface area contributed by atoms with E-state index in [4.69, 9.17) is 9.57 Å². The molecule has 6 heteroatoms. The third-order valence-corrected chi connectivity index (χ3v) is 5.67. The molecule has 1 N–H and O–H groups in total. The Hall–Kier alpha value is -4.34. The minimum Gasteiger partial charge on any atom is -0.461 e. The molecule has 168 valence electrons. The van der Waals surface area contributed by atoms with Crippen molar-refractivity contribution in [3.63, 3.8) is 0 Å². The fraction of sp³-hybridized carbons (Fsp3) is 0.143. The molecule has 2 aliphatic heterocycles. The van der Waals surface area contributed by atoms with Crippen molar-refractivity contribution in [3.05, 3.63) is 107 Å². The molecule has 0 aliphatic carbocycles. The summed E-state index contributed by atoms with van der Waals surface area (Å²) in [5, 5.41) is 0. The number of carbonyl (C=O) groups is 2. The van der Waals surface area contributed by atoms with Crippen molar-refractivity contribution in [1.29, 1.82) is 0 Å². The number of anilines is 1. The maximum Gasteiger partial charge on any atom is 0.302 e. The number of rotatable bonds is 5. The fourth-order valence-electron chi connectivity index (χ4n) is 3.95. The number of fused-ring (bicyclic) bond motifs is 2. The second kappa shape index (κ2) is 9.26. The predicted octanol–water partition coefficient (Wildman–Crippen LogP) is 4.05. The molecule has 3 aromatic rings. The Labute approximate surface area is 197 Å². The molecule has 3 aromatic carbocycles. The minimum atomic E-state index is -0.354. The average molecular weight is 450 g/mol. The van der Waals surface area contributed by atoms with Gasteiger partial charge in [0.05, 0.1) is 23.5 Å². The number of hydrogen-bond acceptors (Lipinski definition) is 5. The zero-order valence-electron chi connectivity index (χ0n) is 18.6. The molecule has 0 spiro atoms. The monoisotopic (exact) mass is 450 g/mol. The van der Waals surface area contributed by atoms with Crippen molar-refractivity contribution < 1.29 is 19.2 Å². The number of amides is 1. The maximum atomic E-state index is 13.6. The summed E-state index contributed by atoms with van der Waals surface area (Å²) in [6.45, 7) is 1.95. The third-order valence-electron chi connectivity index (χ3n) is 5.67. The van der Waals surface area contributed by atoms with Crippen LogP contribution in [0.25, 0.3) is 5.70 Å². The zero-order valence-corrected chi connectivity index (χ0v) is 18.6. The molecule has 6 nitrogen and oxygen atoms in total. The van der Waals surface area contributed by atoms with E-state index in [1.165, 1.54) is 6.92 Å². The van der Waals surface area contributed by atoms with Gasteiger partial charge in [-0.1, -0.05) is 60.4 Å². The van der Waals surface area contributed by atoms with E-state index in [1.54, 1.807) is 11.0 Å². The Morgan fingerprint density at radius 2 is 1.71 bits per heavy atom. The van der Waals surface area contributed by atoms with E-state index in [0.717, 1.165) is 28.1 Å². The van der Waals surface area contributed by atoms with Crippen LogP contribution in [0.5, 0.6) is 0 Å². The first-order chi connectivity index (χ1) is 16.6. The Kier molecular flexibility index (Phi) is 5.86. The molecule has 0 saturated carbocycles. The van der Waals surface area contributed by atoms with Gasteiger partial charge in [0.15, 0.2) is 0 Å². The molecular weight excluding hydrogens is 428 g/mol. The van der Waals surface area contributed by atoms with Crippen LogP contribution in [0.2, 0.25) is 0 Å². The SMILES string of the molecule is CC(=O)OCc1ccc(C2=CC(CN3C(=O)c4ccccc4C#Cc4ccccc43)ON2)cc1. The number of nitrogens with zero attached hydrogens (tertiary/aromatic N) is 1. The summed E-state index contributed by atoms with van der Waals surface area (Å²) in [5.74, 6) is 5.92. The second-order valence-electron chi connectivity index (χ2n) is 8.04. The Morgan fingerprint density at radius 1 is 1.00 bits per heavy atom. The van der Waals surface area contributed by atoms with Gasteiger partial charge in [-0.3, -0.25) is 19.9 Å². The van der Waals surface area contributed by atoms with Gasteiger partial charge < -0.3 is 9.64 Å². The summed E-state index contributed by atoms with van der Waals surface area (Å²) in [6, 6.07) is 22.7. The van der Waals surface area contributed by atoms with Crippen molar-refractivity contribution in [2.75, 3.05) is 11.4 Å². The van der Waals surface area contributed by atoms with Crippen LogP contribution < -0.4 is 10.4 Å². The summed E-state index contributed by atoms with van der Waals surface area (Å²) < 4.78 is 5.04. The Balaban J connectivity index is 1.39. The molecule has 2 aliphatic rings. The van der Waals surface area contributed by atoms with E-state index in [-0.39, 0.29) is 24.6 Å². The number of ether oxygens (including phenoxy) is 1. The van der Waals surface area contributed by atoms with Crippen molar-refractivity contribution in [2.45, 2.75) is 19.6 Å². The summed E-state index contributed by atoms with van der Waals surface area (Å²) in [5.41, 5.74) is 8.47. The molecule has 1 amide bonds. The van der Waals surface area contributed by atoms with Crippen LogP contribution in [-0.2, 0) is 21.0 Å². The lowest BCUT2D eigenvalue weighted by Gasteiger charge is -2.27. The smallest absolute Gasteiger partial charge is 0.302 e. The van der Waals surface area contributed by atoms with Gasteiger partial charge in [-0.2, -0.15) is 0 Å². The number of benzene rings is 3. The average Bonchev–Trinajstić information content (AvgIpc) is 3.33. The zero-order chi connectivity index (χ0) is 23.5. The molecule has 1 atom stereocenters. The minimum absolute atomic E-state index is 0.114. The third kappa shape index (κ3) is 4.42. The maximum absolute atomic E-state index is 13.6. The van der Waals surface area contributed by atoms with Crippen LogP contribution in [0, 0.1) is 11.8 Å². The molecule has 1 unspecified atom stereocenters. The first kappa shape index (κ1) is 21.5. The summed E-state index contributed by atoms with van der Waals surface area (Å²) >= 11 is 0. The molecular formula is C28H22N2O4. The van der Waals surface area contributed by atoms with E-state index in [9.17, 15) is 9.59 Å². The Bertz CT molecular complexity index is 1350. The van der Waals surface area contributed by atoms with E-state index in [2.05, 4.69) is 17.3 Å². The number of hydroxylamine groups is 1. The summed E-state index contributed by atoms with van der Waals surface area (Å²) in [6.07, 6.45) is 1.61. The fourth-order valence-corrected chi connectivity index (χ4v) is 3.95. The van der Waals surface area contributed by atoms with Crippen LogP contribution in [0.15, 0.2) is 78.9 Å². The standard InChI is InChI=1S/C28H22N2O4/c1-19(31)33-18-20-10-12-22(13-11-20)26-16-24(34-29-26)17-30-27-9-5-3-7-23(27)15-14-21-6-2-4-8-25(21)28(30)32/h2-13,16,24,29H,17-18H2,1H3. The van der Waals surface area contributed by atoms with Gasteiger partial charge in [0.1, 0.15) is 12.7 Å². The van der Waals surface area contributed by atoms with Crippen molar-refractivity contribution in [3.8, 4) is 11.8 Å². The summed E-state index contributed by atoms with van der Waals surface area (Å²) in [4.78, 5) is 32.1. The predicted molar refractivity (Wildman–Crippen MR) is 128 cm³/mol. The van der Waals surface area contributed by atoms with Crippen molar-refractivity contribution in [2.24, 2.45) is 0 Å². The summed E-state index contributed by atoms with van der Waals surface area (Å²) in [7, 11) is 0. The van der Waals surface area contributed by atoms with Gasteiger partial charge in [-0.05, 0) is 41.5 Å².